The van der Waals surface area contributed by atoms with Crippen molar-refractivity contribution in [1.29, 1.82) is 5.26 Å². The lowest BCUT2D eigenvalue weighted by Gasteiger charge is -2.13. The highest BCUT2D eigenvalue weighted by Gasteiger charge is 2.15. The molecule has 0 amide bonds. The summed E-state index contributed by atoms with van der Waals surface area (Å²) in [6.45, 7) is 3.92. The first-order valence-corrected chi connectivity index (χ1v) is 6.85. The number of nitrogen functional groups attached to an aromatic ring is 2. The number of hydrogen-bond acceptors (Lipinski definition) is 6. The van der Waals surface area contributed by atoms with Crippen LogP contribution in [0.5, 0.6) is 0 Å². The van der Waals surface area contributed by atoms with Gasteiger partial charge in [-0.1, -0.05) is 18.2 Å². The van der Waals surface area contributed by atoms with E-state index in [1.54, 1.807) is 17.8 Å². The molecule has 1 aromatic heterocycles. The standard InChI is InChI=1S/C12H19N5S/c1-12(2,8-13)5-3-4-6-18-11-16-9(14)7-10(15)17-11/h7H,3-6H2,1-2H3,(H4,14,15,16,17). The molecule has 0 unspecified atom stereocenters. The highest BCUT2D eigenvalue weighted by molar-refractivity contribution is 7.99. The van der Waals surface area contributed by atoms with E-state index < -0.39 is 0 Å². The molecular weight excluding hydrogens is 246 g/mol. The van der Waals surface area contributed by atoms with E-state index in [9.17, 15) is 0 Å². The average molecular weight is 265 g/mol. The maximum atomic E-state index is 8.89. The van der Waals surface area contributed by atoms with Crippen LogP contribution in [-0.2, 0) is 0 Å². The number of thioether (sulfide) groups is 1. The van der Waals surface area contributed by atoms with Crippen molar-refractivity contribution >= 4 is 23.4 Å². The van der Waals surface area contributed by atoms with E-state index in [4.69, 9.17) is 16.7 Å². The summed E-state index contributed by atoms with van der Waals surface area (Å²) in [7, 11) is 0. The molecule has 1 heterocycles. The van der Waals surface area contributed by atoms with Crippen molar-refractivity contribution < 1.29 is 0 Å². The molecule has 0 saturated heterocycles. The van der Waals surface area contributed by atoms with Gasteiger partial charge in [-0.05, 0) is 26.7 Å². The number of unbranched alkanes of at least 4 members (excludes halogenated alkanes) is 1. The van der Waals surface area contributed by atoms with Gasteiger partial charge in [0.05, 0.1) is 11.5 Å². The first kappa shape index (κ1) is 14.6. The first-order chi connectivity index (χ1) is 8.43. The molecule has 6 heteroatoms. The minimum absolute atomic E-state index is 0.233. The lowest BCUT2D eigenvalue weighted by Crippen LogP contribution is -2.07. The highest BCUT2D eigenvalue weighted by Crippen LogP contribution is 2.23. The predicted molar refractivity (Wildman–Crippen MR) is 74.8 cm³/mol. The second-order valence-corrected chi connectivity index (χ2v) is 5.86. The van der Waals surface area contributed by atoms with Gasteiger partial charge in [0.2, 0.25) is 0 Å². The molecule has 0 radical (unpaired) electrons. The summed E-state index contributed by atoms with van der Waals surface area (Å²) in [5.41, 5.74) is 10.9. The largest absolute Gasteiger partial charge is 0.383 e. The lowest BCUT2D eigenvalue weighted by atomic mass is 9.89. The van der Waals surface area contributed by atoms with Gasteiger partial charge in [0.1, 0.15) is 11.6 Å². The highest BCUT2D eigenvalue weighted by atomic mass is 32.2. The zero-order valence-corrected chi connectivity index (χ0v) is 11.6. The number of nitrogens with zero attached hydrogens (tertiary/aromatic N) is 3. The molecule has 4 N–H and O–H groups in total. The van der Waals surface area contributed by atoms with Crippen molar-refractivity contribution in [3.8, 4) is 6.07 Å². The third-order valence-corrected chi connectivity index (χ3v) is 3.41. The minimum Gasteiger partial charge on any atom is -0.383 e. The SMILES string of the molecule is CC(C)(C#N)CCCCSc1nc(N)cc(N)n1. The van der Waals surface area contributed by atoms with E-state index in [0.717, 1.165) is 25.0 Å². The Morgan fingerprint density at radius 1 is 1.28 bits per heavy atom. The number of hydrogen-bond donors (Lipinski definition) is 2. The number of nitrogens with two attached hydrogens (primary N) is 2. The van der Waals surface area contributed by atoms with Gasteiger partial charge in [-0.3, -0.25) is 0 Å². The number of anilines is 2. The smallest absolute Gasteiger partial charge is 0.191 e. The fourth-order valence-electron chi connectivity index (χ4n) is 1.41. The van der Waals surface area contributed by atoms with E-state index in [1.165, 1.54) is 0 Å². The molecule has 0 atom stereocenters. The fraction of sp³-hybridized carbons (Fsp3) is 0.583. The quantitative estimate of drug-likeness (QED) is 0.465. The van der Waals surface area contributed by atoms with E-state index in [1.807, 2.05) is 13.8 Å². The van der Waals surface area contributed by atoms with Crippen molar-refractivity contribution in [2.24, 2.45) is 5.41 Å². The van der Waals surface area contributed by atoms with Crippen molar-refractivity contribution in [2.75, 3.05) is 17.2 Å². The molecule has 0 aliphatic carbocycles. The molecule has 0 aliphatic heterocycles. The van der Waals surface area contributed by atoms with Crippen LogP contribution in [0, 0.1) is 16.7 Å². The normalized spacial score (nSPS) is 11.2. The Hall–Kier alpha value is -1.48. The van der Waals surface area contributed by atoms with Crippen molar-refractivity contribution in [1.82, 2.24) is 9.97 Å². The molecular formula is C12H19N5S. The van der Waals surface area contributed by atoms with Crippen LogP contribution in [0.1, 0.15) is 33.1 Å². The molecule has 5 nitrogen and oxygen atoms in total. The van der Waals surface area contributed by atoms with E-state index in [-0.39, 0.29) is 5.41 Å². The summed E-state index contributed by atoms with van der Waals surface area (Å²) in [5.74, 6) is 1.70. The summed E-state index contributed by atoms with van der Waals surface area (Å²) in [4.78, 5) is 8.19. The maximum absolute atomic E-state index is 8.89. The summed E-state index contributed by atoms with van der Waals surface area (Å²) in [5, 5.41) is 9.50. The minimum atomic E-state index is -0.233. The third-order valence-electron chi connectivity index (χ3n) is 2.48. The average Bonchev–Trinajstić information content (AvgIpc) is 2.27. The molecule has 0 spiro atoms. The Morgan fingerprint density at radius 3 is 2.44 bits per heavy atom. The molecule has 18 heavy (non-hydrogen) atoms. The molecule has 1 rings (SSSR count). The third kappa shape index (κ3) is 5.23. The molecule has 0 aromatic carbocycles. The summed E-state index contributed by atoms with van der Waals surface area (Å²) >= 11 is 1.54. The van der Waals surface area contributed by atoms with Gasteiger partial charge in [0.25, 0.3) is 0 Å². The van der Waals surface area contributed by atoms with Crippen LogP contribution in [0.2, 0.25) is 0 Å². The monoisotopic (exact) mass is 265 g/mol. The van der Waals surface area contributed by atoms with Gasteiger partial charge < -0.3 is 11.5 Å². The Labute approximate surface area is 112 Å². The van der Waals surface area contributed by atoms with E-state index >= 15 is 0 Å². The Bertz CT molecular complexity index is 418. The Morgan fingerprint density at radius 2 is 1.89 bits per heavy atom. The number of aromatic nitrogens is 2. The van der Waals surface area contributed by atoms with Gasteiger partial charge in [-0.25, -0.2) is 9.97 Å². The van der Waals surface area contributed by atoms with Gasteiger partial charge in [0, 0.05) is 11.8 Å². The Kier molecular flexibility index (Phi) is 5.23. The van der Waals surface area contributed by atoms with Crippen LogP contribution in [0.15, 0.2) is 11.2 Å². The zero-order chi connectivity index (χ0) is 13.6. The molecule has 0 bridgehead atoms. The lowest BCUT2D eigenvalue weighted by molar-refractivity contribution is 0.433. The van der Waals surface area contributed by atoms with Gasteiger partial charge >= 0.3 is 0 Å². The van der Waals surface area contributed by atoms with Crippen LogP contribution < -0.4 is 11.5 Å². The van der Waals surface area contributed by atoms with Crippen molar-refractivity contribution in [3.63, 3.8) is 0 Å². The van der Waals surface area contributed by atoms with Crippen LogP contribution in [0.3, 0.4) is 0 Å². The van der Waals surface area contributed by atoms with E-state index in [2.05, 4.69) is 16.0 Å². The van der Waals surface area contributed by atoms with E-state index in [0.29, 0.717) is 16.8 Å². The van der Waals surface area contributed by atoms with Crippen LogP contribution in [0.4, 0.5) is 11.6 Å². The number of nitriles is 1. The number of rotatable bonds is 6. The second-order valence-electron chi connectivity index (χ2n) is 4.80. The van der Waals surface area contributed by atoms with Crippen LogP contribution in [-0.4, -0.2) is 15.7 Å². The first-order valence-electron chi connectivity index (χ1n) is 5.87. The summed E-state index contributed by atoms with van der Waals surface area (Å²) < 4.78 is 0. The summed E-state index contributed by atoms with van der Waals surface area (Å²) in [6.07, 6.45) is 2.95. The fourth-order valence-corrected chi connectivity index (χ4v) is 2.29. The van der Waals surface area contributed by atoms with Gasteiger partial charge in [0.15, 0.2) is 5.16 Å². The molecule has 0 fully saturated rings. The summed E-state index contributed by atoms with van der Waals surface area (Å²) in [6, 6.07) is 3.84. The van der Waals surface area contributed by atoms with Gasteiger partial charge in [-0.15, -0.1) is 0 Å². The topological polar surface area (TPSA) is 102 Å². The molecule has 1 aromatic rings. The van der Waals surface area contributed by atoms with Gasteiger partial charge in [-0.2, -0.15) is 5.26 Å². The van der Waals surface area contributed by atoms with Crippen molar-refractivity contribution in [3.05, 3.63) is 6.07 Å². The predicted octanol–water partition coefficient (Wildman–Crippen LogP) is 2.45. The molecule has 0 aliphatic rings. The maximum Gasteiger partial charge on any atom is 0.191 e. The van der Waals surface area contributed by atoms with Crippen LogP contribution in [0.25, 0.3) is 0 Å². The Balaban J connectivity index is 2.28. The second kappa shape index (κ2) is 6.45. The molecule has 98 valence electrons. The zero-order valence-electron chi connectivity index (χ0n) is 10.8. The van der Waals surface area contributed by atoms with Crippen molar-refractivity contribution in [2.45, 2.75) is 38.3 Å². The molecule has 0 saturated carbocycles. The van der Waals surface area contributed by atoms with Crippen LogP contribution >= 0.6 is 11.8 Å².